The van der Waals surface area contributed by atoms with Crippen LogP contribution in [0.25, 0.3) is 0 Å². The van der Waals surface area contributed by atoms with Crippen LogP contribution in [0.15, 0.2) is 6.33 Å². The van der Waals surface area contributed by atoms with Crippen molar-refractivity contribution in [3.8, 4) is 0 Å². The quantitative estimate of drug-likeness (QED) is 0.356. The van der Waals surface area contributed by atoms with Crippen LogP contribution in [0.5, 0.6) is 0 Å². The Morgan fingerprint density at radius 3 is 3.00 bits per heavy atom. The van der Waals surface area contributed by atoms with Crippen molar-refractivity contribution in [2.45, 2.75) is 24.9 Å². The van der Waals surface area contributed by atoms with Crippen molar-refractivity contribution in [3.63, 3.8) is 0 Å². The van der Waals surface area contributed by atoms with Gasteiger partial charge in [-0.3, -0.25) is 5.41 Å². The monoisotopic (exact) mass is 227 g/mol. The lowest BCUT2D eigenvalue weighted by Crippen LogP contribution is -2.24. The van der Waals surface area contributed by atoms with Crippen molar-refractivity contribution in [1.82, 2.24) is 14.8 Å². The van der Waals surface area contributed by atoms with Crippen LogP contribution in [-0.2, 0) is 4.74 Å². The zero-order valence-corrected chi connectivity index (χ0v) is 8.45. The van der Waals surface area contributed by atoms with Gasteiger partial charge in [0.15, 0.2) is 12.1 Å². The van der Waals surface area contributed by atoms with E-state index in [2.05, 4.69) is 10.1 Å². The fourth-order valence-electron chi connectivity index (χ4n) is 1.58. The zero-order chi connectivity index (χ0) is 11.7. The van der Waals surface area contributed by atoms with E-state index in [9.17, 15) is 5.11 Å². The third-order valence-corrected chi connectivity index (χ3v) is 2.43. The summed E-state index contributed by atoms with van der Waals surface area (Å²) < 4.78 is 6.74. The van der Waals surface area contributed by atoms with Crippen molar-refractivity contribution in [2.75, 3.05) is 6.61 Å². The van der Waals surface area contributed by atoms with E-state index in [4.69, 9.17) is 21.0 Å². The van der Waals surface area contributed by atoms with Crippen molar-refractivity contribution >= 4 is 5.84 Å². The molecule has 0 radical (unpaired) electrons. The molecule has 0 saturated carbocycles. The van der Waals surface area contributed by atoms with Gasteiger partial charge in [-0.1, -0.05) is 0 Å². The third-order valence-electron chi connectivity index (χ3n) is 2.43. The molecule has 3 atom stereocenters. The topological polar surface area (TPSA) is 130 Å². The molecule has 5 N–H and O–H groups in total. The maximum atomic E-state index is 9.52. The highest BCUT2D eigenvalue weighted by Crippen LogP contribution is 2.27. The van der Waals surface area contributed by atoms with Crippen LogP contribution in [0.3, 0.4) is 0 Å². The Balaban J connectivity index is 2.11. The number of aromatic nitrogens is 3. The number of rotatable bonds is 3. The summed E-state index contributed by atoms with van der Waals surface area (Å²) >= 11 is 0. The van der Waals surface area contributed by atoms with Crippen molar-refractivity contribution < 1.29 is 14.9 Å². The van der Waals surface area contributed by atoms with E-state index in [0.717, 1.165) is 0 Å². The molecule has 2 rings (SSSR count). The largest absolute Gasteiger partial charge is 0.394 e. The van der Waals surface area contributed by atoms with Crippen LogP contribution in [0.1, 0.15) is 18.5 Å². The molecule has 88 valence electrons. The van der Waals surface area contributed by atoms with Crippen LogP contribution in [0.4, 0.5) is 0 Å². The molecule has 2 heterocycles. The van der Waals surface area contributed by atoms with E-state index >= 15 is 0 Å². The minimum Gasteiger partial charge on any atom is -0.394 e. The Hall–Kier alpha value is -1.51. The van der Waals surface area contributed by atoms with Crippen molar-refractivity contribution in [2.24, 2.45) is 5.73 Å². The van der Waals surface area contributed by atoms with Gasteiger partial charge in [-0.2, -0.15) is 0 Å². The van der Waals surface area contributed by atoms with Crippen LogP contribution >= 0.6 is 0 Å². The number of aliphatic hydroxyl groups excluding tert-OH is 2. The van der Waals surface area contributed by atoms with Crippen molar-refractivity contribution in [3.05, 3.63) is 12.2 Å². The predicted octanol–water partition coefficient (Wildman–Crippen LogP) is -1.80. The normalized spacial score (nSPS) is 29.5. The summed E-state index contributed by atoms with van der Waals surface area (Å²) in [6, 6.07) is 0. The van der Waals surface area contributed by atoms with E-state index in [1.807, 2.05) is 0 Å². The maximum absolute atomic E-state index is 9.52. The van der Waals surface area contributed by atoms with E-state index in [1.165, 1.54) is 11.0 Å². The molecule has 16 heavy (non-hydrogen) atoms. The number of nitrogens with zero attached hydrogens (tertiary/aromatic N) is 3. The number of nitrogens with two attached hydrogens (primary N) is 1. The summed E-state index contributed by atoms with van der Waals surface area (Å²) in [4.78, 5) is 3.81. The second-order valence-corrected chi connectivity index (χ2v) is 3.58. The lowest BCUT2D eigenvalue weighted by atomic mass is 10.2. The zero-order valence-electron chi connectivity index (χ0n) is 8.45. The number of hydrogen-bond donors (Lipinski definition) is 4. The first-order valence-corrected chi connectivity index (χ1v) is 4.81. The number of amidine groups is 1. The van der Waals surface area contributed by atoms with Crippen LogP contribution < -0.4 is 5.73 Å². The first-order valence-electron chi connectivity index (χ1n) is 4.81. The van der Waals surface area contributed by atoms with Gasteiger partial charge in [0.05, 0.1) is 12.7 Å². The lowest BCUT2D eigenvalue weighted by molar-refractivity contribution is -0.0485. The highest BCUT2D eigenvalue weighted by molar-refractivity contribution is 5.90. The molecule has 1 fully saturated rings. The van der Waals surface area contributed by atoms with Crippen LogP contribution in [-0.4, -0.2) is 49.6 Å². The van der Waals surface area contributed by atoms with Gasteiger partial charge in [0.25, 0.3) is 0 Å². The summed E-state index contributed by atoms with van der Waals surface area (Å²) in [5.74, 6) is -0.110. The molecule has 0 aromatic carbocycles. The Morgan fingerprint density at radius 2 is 2.50 bits per heavy atom. The van der Waals surface area contributed by atoms with Gasteiger partial charge >= 0.3 is 0 Å². The highest BCUT2D eigenvalue weighted by Gasteiger charge is 2.35. The Labute approximate surface area is 91.2 Å². The summed E-state index contributed by atoms with van der Waals surface area (Å²) in [5, 5.41) is 29.5. The Bertz CT molecular complexity index is 393. The molecule has 1 aromatic rings. The number of hydrogen-bond acceptors (Lipinski definition) is 6. The van der Waals surface area contributed by atoms with Gasteiger partial charge in [-0.25, -0.2) is 9.67 Å². The van der Waals surface area contributed by atoms with E-state index in [-0.39, 0.29) is 18.3 Å². The minimum atomic E-state index is -0.722. The summed E-state index contributed by atoms with van der Waals surface area (Å²) in [7, 11) is 0. The molecule has 0 spiro atoms. The molecule has 3 unspecified atom stereocenters. The van der Waals surface area contributed by atoms with Gasteiger partial charge < -0.3 is 20.7 Å². The molecule has 0 bridgehead atoms. The SMILES string of the molecule is N=C(N)c1ncn(C2CC(O)C(CO)O2)n1. The standard InChI is InChI=1S/C8H13N5O3/c9-7(10)8-11-3-13(12-8)6-1-4(15)5(2-14)16-6/h3-6,14-15H,1-2H2,(H3,9,10). The molecule has 1 aromatic heterocycles. The van der Waals surface area contributed by atoms with Gasteiger partial charge in [0.1, 0.15) is 12.4 Å². The molecular weight excluding hydrogens is 214 g/mol. The smallest absolute Gasteiger partial charge is 0.215 e. The fraction of sp³-hybridized carbons (Fsp3) is 0.625. The minimum absolute atomic E-state index is 0.116. The average molecular weight is 227 g/mol. The summed E-state index contributed by atoms with van der Waals surface area (Å²) in [6.45, 7) is -0.244. The van der Waals surface area contributed by atoms with E-state index in [0.29, 0.717) is 6.42 Å². The second-order valence-electron chi connectivity index (χ2n) is 3.58. The Kier molecular flexibility index (Phi) is 2.86. The molecule has 1 saturated heterocycles. The summed E-state index contributed by atoms with van der Waals surface area (Å²) in [5.41, 5.74) is 5.22. The second kappa shape index (κ2) is 4.16. The van der Waals surface area contributed by atoms with E-state index in [1.54, 1.807) is 0 Å². The molecule has 8 heteroatoms. The van der Waals surface area contributed by atoms with Crippen molar-refractivity contribution in [1.29, 1.82) is 5.41 Å². The first kappa shape index (κ1) is 11.0. The molecule has 1 aliphatic heterocycles. The maximum Gasteiger partial charge on any atom is 0.215 e. The molecule has 8 nitrogen and oxygen atoms in total. The number of nitrogens with one attached hydrogen (secondary N) is 1. The first-order chi connectivity index (χ1) is 7.61. The fourth-order valence-corrected chi connectivity index (χ4v) is 1.58. The van der Waals surface area contributed by atoms with Gasteiger partial charge in [-0.15, -0.1) is 5.10 Å². The molecule has 0 aliphatic carbocycles. The average Bonchev–Trinajstić information content (AvgIpc) is 2.83. The Morgan fingerprint density at radius 1 is 1.75 bits per heavy atom. The van der Waals surface area contributed by atoms with E-state index < -0.39 is 18.4 Å². The van der Waals surface area contributed by atoms with Crippen LogP contribution in [0, 0.1) is 5.41 Å². The molecular formula is C8H13N5O3. The predicted molar refractivity (Wildman–Crippen MR) is 52.7 cm³/mol. The number of nitrogen functional groups attached to an aromatic ring is 1. The third kappa shape index (κ3) is 1.90. The lowest BCUT2D eigenvalue weighted by Gasteiger charge is -2.11. The summed E-state index contributed by atoms with van der Waals surface area (Å²) in [6.07, 6.45) is -0.0949. The molecule has 1 aliphatic rings. The number of aliphatic hydroxyl groups is 2. The molecule has 0 amide bonds. The van der Waals surface area contributed by atoms with Gasteiger partial charge in [0.2, 0.25) is 5.82 Å². The van der Waals surface area contributed by atoms with Gasteiger partial charge in [0, 0.05) is 6.42 Å². The van der Waals surface area contributed by atoms with Gasteiger partial charge in [-0.05, 0) is 0 Å². The number of ether oxygens (including phenoxy) is 1. The highest BCUT2D eigenvalue weighted by atomic mass is 16.5. The van der Waals surface area contributed by atoms with Crippen LogP contribution in [0.2, 0.25) is 0 Å².